The second-order valence-electron chi connectivity index (χ2n) is 5.52. The van der Waals surface area contributed by atoms with E-state index in [1.54, 1.807) is 25.1 Å². The molecule has 1 fully saturated rings. The largest absolute Gasteiger partial charge is 0.508 e. The van der Waals surface area contributed by atoms with E-state index < -0.39 is 0 Å². The summed E-state index contributed by atoms with van der Waals surface area (Å²) in [5, 5.41) is 13.4. The van der Waals surface area contributed by atoms with Gasteiger partial charge in [0.1, 0.15) is 5.75 Å². The van der Waals surface area contributed by atoms with Gasteiger partial charge >= 0.3 is 0 Å². The van der Waals surface area contributed by atoms with Crippen LogP contribution in [0.15, 0.2) is 18.2 Å². The van der Waals surface area contributed by atoms with Crippen LogP contribution < -0.4 is 5.32 Å². The highest BCUT2D eigenvalue weighted by atomic mass is 79.9. The van der Waals surface area contributed by atoms with E-state index in [1.165, 1.54) is 25.7 Å². The second kappa shape index (κ2) is 5.95. The number of rotatable bonds is 4. The molecule has 1 aromatic rings. The molecule has 2 N–H and O–H groups in total. The van der Waals surface area contributed by atoms with Gasteiger partial charge in [0, 0.05) is 17.4 Å². The van der Waals surface area contributed by atoms with Gasteiger partial charge in [-0.1, -0.05) is 28.8 Å². The van der Waals surface area contributed by atoms with E-state index in [0.717, 1.165) is 17.4 Å². The Labute approximate surface area is 122 Å². The average molecular weight is 326 g/mol. The fourth-order valence-corrected chi connectivity index (χ4v) is 3.41. The molecule has 0 heterocycles. The van der Waals surface area contributed by atoms with Crippen molar-refractivity contribution in [2.24, 2.45) is 5.41 Å². The smallest absolute Gasteiger partial charge is 0.251 e. The lowest BCUT2D eigenvalue weighted by atomic mass is 9.89. The maximum atomic E-state index is 12.1. The standard InChI is InChI=1S/C15H20BrNO2/c1-11-8-12(4-5-13(11)18)14(19)17-10-15(9-16)6-2-3-7-15/h4-5,8,18H,2-3,6-7,9-10H2,1H3,(H,17,19). The van der Waals surface area contributed by atoms with Gasteiger partial charge in [0.15, 0.2) is 0 Å². The summed E-state index contributed by atoms with van der Waals surface area (Å²) in [6.45, 7) is 2.51. The third-order valence-corrected chi connectivity index (χ3v) is 5.22. The molecule has 0 atom stereocenters. The predicted octanol–water partition coefficient (Wildman–Crippen LogP) is 3.39. The Morgan fingerprint density at radius 1 is 1.42 bits per heavy atom. The molecule has 4 heteroatoms. The molecule has 1 aromatic carbocycles. The minimum atomic E-state index is -0.0599. The number of aryl methyl sites for hydroxylation is 1. The van der Waals surface area contributed by atoms with E-state index in [-0.39, 0.29) is 17.1 Å². The summed E-state index contributed by atoms with van der Waals surface area (Å²) in [5.41, 5.74) is 1.56. The van der Waals surface area contributed by atoms with Gasteiger partial charge in [-0.15, -0.1) is 0 Å². The lowest BCUT2D eigenvalue weighted by Crippen LogP contribution is -2.37. The van der Waals surface area contributed by atoms with E-state index in [4.69, 9.17) is 0 Å². The third kappa shape index (κ3) is 3.30. The number of benzene rings is 1. The van der Waals surface area contributed by atoms with Gasteiger partial charge in [-0.2, -0.15) is 0 Å². The molecule has 1 aliphatic rings. The maximum Gasteiger partial charge on any atom is 0.251 e. The van der Waals surface area contributed by atoms with Crippen LogP contribution in [-0.2, 0) is 0 Å². The Morgan fingerprint density at radius 2 is 2.11 bits per heavy atom. The fraction of sp³-hybridized carbons (Fsp3) is 0.533. The van der Waals surface area contributed by atoms with Gasteiger partial charge in [-0.25, -0.2) is 0 Å². The topological polar surface area (TPSA) is 49.3 Å². The average Bonchev–Trinajstić information content (AvgIpc) is 2.89. The second-order valence-corrected chi connectivity index (χ2v) is 6.09. The first-order valence-electron chi connectivity index (χ1n) is 6.70. The number of phenolic OH excluding ortho intramolecular Hbond substituents is 1. The highest BCUT2D eigenvalue weighted by Crippen LogP contribution is 2.39. The lowest BCUT2D eigenvalue weighted by Gasteiger charge is -2.26. The van der Waals surface area contributed by atoms with Gasteiger partial charge in [0.2, 0.25) is 0 Å². The molecular weight excluding hydrogens is 306 g/mol. The predicted molar refractivity (Wildman–Crippen MR) is 79.9 cm³/mol. The summed E-state index contributed by atoms with van der Waals surface area (Å²) >= 11 is 3.58. The number of carbonyl (C=O) groups is 1. The minimum absolute atomic E-state index is 0.0599. The van der Waals surface area contributed by atoms with Crippen LogP contribution in [0.2, 0.25) is 0 Å². The first-order valence-corrected chi connectivity index (χ1v) is 7.82. The Morgan fingerprint density at radius 3 is 2.68 bits per heavy atom. The third-order valence-electron chi connectivity index (χ3n) is 4.03. The molecule has 0 aromatic heterocycles. The molecule has 0 radical (unpaired) electrons. The number of halogens is 1. The first kappa shape index (κ1) is 14.4. The molecule has 0 unspecified atom stereocenters. The number of hydrogen-bond acceptors (Lipinski definition) is 2. The molecule has 0 bridgehead atoms. The summed E-state index contributed by atoms with van der Waals surface area (Å²) in [6, 6.07) is 4.95. The van der Waals surface area contributed by atoms with Crippen molar-refractivity contribution in [2.75, 3.05) is 11.9 Å². The highest BCUT2D eigenvalue weighted by Gasteiger charge is 2.33. The SMILES string of the molecule is Cc1cc(C(=O)NCC2(CBr)CCCC2)ccc1O. The van der Waals surface area contributed by atoms with Gasteiger partial charge < -0.3 is 10.4 Å². The van der Waals surface area contributed by atoms with Crippen LogP contribution in [0.1, 0.15) is 41.6 Å². The van der Waals surface area contributed by atoms with Gasteiger partial charge in [-0.05, 0) is 48.9 Å². The van der Waals surface area contributed by atoms with E-state index in [2.05, 4.69) is 21.2 Å². The summed E-state index contributed by atoms with van der Waals surface area (Å²) in [7, 11) is 0. The zero-order valence-corrected chi connectivity index (χ0v) is 12.8. The summed E-state index contributed by atoms with van der Waals surface area (Å²) in [5.74, 6) is 0.166. The van der Waals surface area contributed by atoms with Crippen LogP contribution in [0.4, 0.5) is 0 Å². The number of carbonyl (C=O) groups excluding carboxylic acids is 1. The quantitative estimate of drug-likeness (QED) is 0.834. The van der Waals surface area contributed by atoms with Crippen molar-refractivity contribution >= 4 is 21.8 Å². The highest BCUT2D eigenvalue weighted by molar-refractivity contribution is 9.09. The van der Waals surface area contributed by atoms with Crippen LogP contribution in [0.5, 0.6) is 5.75 Å². The Hall–Kier alpha value is -1.03. The molecule has 1 aliphatic carbocycles. The molecule has 104 valence electrons. The van der Waals surface area contributed by atoms with Crippen molar-refractivity contribution in [1.82, 2.24) is 5.32 Å². The molecule has 0 saturated heterocycles. The van der Waals surface area contributed by atoms with Crippen LogP contribution in [0.3, 0.4) is 0 Å². The van der Waals surface area contributed by atoms with E-state index >= 15 is 0 Å². The van der Waals surface area contributed by atoms with Crippen LogP contribution in [0, 0.1) is 12.3 Å². The van der Waals surface area contributed by atoms with Crippen molar-refractivity contribution < 1.29 is 9.90 Å². The zero-order chi connectivity index (χ0) is 13.9. The maximum absolute atomic E-state index is 12.1. The van der Waals surface area contributed by atoms with E-state index in [1.807, 2.05) is 0 Å². The molecule has 1 saturated carbocycles. The van der Waals surface area contributed by atoms with Gasteiger partial charge in [0.05, 0.1) is 0 Å². The van der Waals surface area contributed by atoms with Crippen molar-refractivity contribution in [3.05, 3.63) is 29.3 Å². The lowest BCUT2D eigenvalue weighted by molar-refractivity contribution is 0.0935. The molecule has 0 spiro atoms. The Bertz CT molecular complexity index is 467. The van der Waals surface area contributed by atoms with Crippen LogP contribution in [-0.4, -0.2) is 22.9 Å². The fourth-order valence-electron chi connectivity index (χ4n) is 2.65. The molecule has 19 heavy (non-hydrogen) atoms. The number of amides is 1. The summed E-state index contributed by atoms with van der Waals surface area (Å²) < 4.78 is 0. The minimum Gasteiger partial charge on any atom is -0.508 e. The van der Waals surface area contributed by atoms with E-state index in [9.17, 15) is 9.90 Å². The van der Waals surface area contributed by atoms with Crippen LogP contribution in [0.25, 0.3) is 0 Å². The first-order chi connectivity index (χ1) is 9.06. The molecule has 0 aliphatic heterocycles. The zero-order valence-electron chi connectivity index (χ0n) is 11.2. The number of hydrogen-bond donors (Lipinski definition) is 2. The molecule has 2 rings (SSSR count). The number of aromatic hydroxyl groups is 1. The van der Waals surface area contributed by atoms with Gasteiger partial charge in [-0.3, -0.25) is 4.79 Å². The molecule has 3 nitrogen and oxygen atoms in total. The summed E-state index contributed by atoms with van der Waals surface area (Å²) in [4.78, 5) is 12.1. The number of nitrogens with one attached hydrogen (secondary N) is 1. The van der Waals surface area contributed by atoms with Crippen molar-refractivity contribution in [2.45, 2.75) is 32.6 Å². The molecular formula is C15H20BrNO2. The number of alkyl halides is 1. The van der Waals surface area contributed by atoms with Crippen molar-refractivity contribution in [1.29, 1.82) is 0 Å². The Balaban J connectivity index is 1.99. The Kier molecular flexibility index (Phi) is 4.50. The van der Waals surface area contributed by atoms with Gasteiger partial charge in [0.25, 0.3) is 5.91 Å². The van der Waals surface area contributed by atoms with E-state index in [0.29, 0.717) is 5.56 Å². The molecule has 1 amide bonds. The van der Waals surface area contributed by atoms with Crippen molar-refractivity contribution in [3.8, 4) is 5.75 Å². The monoisotopic (exact) mass is 325 g/mol. The normalized spacial score (nSPS) is 17.4. The number of phenols is 1. The summed E-state index contributed by atoms with van der Waals surface area (Å²) in [6.07, 6.45) is 4.85. The van der Waals surface area contributed by atoms with Crippen molar-refractivity contribution in [3.63, 3.8) is 0 Å². The van der Waals surface area contributed by atoms with Crippen LogP contribution >= 0.6 is 15.9 Å².